The highest BCUT2D eigenvalue weighted by Crippen LogP contribution is 2.34. The Morgan fingerprint density at radius 2 is 1.60 bits per heavy atom. The summed E-state index contributed by atoms with van der Waals surface area (Å²) in [6.45, 7) is 7.31. The van der Waals surface area contributed by atoms with Gasteiger partial charge in [0.25, 0.3) is 10.0 Å². The number of benzene rings is 3. The summed E-state index contributed by atoms with van der Waals surface area (Å²) >= 11 is 6.20. The highest BCUT2D eigenvalue weighted by Gasteiger charge is 2.33. The van der Waals surface area contributed by atoms with Gasteiger partial charge in [0, 0.05) is 24.2 Å². The molecular weight excluding hydrogens is 578 g/mol. The van der Waals surface area contributed by atoms with Crippen LogP contribution in [0.1, 0.15) is 31.9 Å². The molecule has 0 fully saturated rings. The van der Waals surface area contributed by atoms with Gasteiger partial charge in [0.1, 0.15) is 12.6 Å². The summed E-state index contributed by atoms with van der Waals surface area (Å²) in [6.07, 6.45) is 0. The molecule has 3 aromatic carbocycles. The monoisotopic (exact) mass is 615 g/mol. The van der Waals surface area contributed by atoms with Crippen molar-refractivity contribution in [1.29, 1.82) is 0 Å². The first-order chi connectivity index (χ1) is 19.9. The van der Waals surface area contributed by atoms with E-state index in [1.54, 1.807) is 55.5 Å². The Labute approximate surface area is 253 Å². The van der Waals surface area contributed by atoms with Gasteiger partial charge < -0.3 is 19.7 Å². The number of hydrogen-bond donors (Lipinski definition) is 1. The van der Waals surface area contributed by atoms with Gasteiger partial charge in [-0.1, -0.05) is 55.3 Å². The molecule has 0 bridgehead atoms. The maximum atomic E-state index is 14.1. The number of methoxy groups -OCH3 is 2. The van der Waals surface area contributed by atoms with Crippen molar-refractivity contribution in [2.45, 2.75) is 45.2 Å². The maximum Gasteiger partial charge on any atom is 0.264 e. The molecule has 1 atom stereocenters. The van der Waals surface area contributed by atoms with Crippen LogP contribution in [0.5, 0.6) is 11.5 Å². The SMILES string of the molecule is COc1ccc(N(CC(=O)N(Cc2cccc(Cl)c2)C(C)C(=O)NCC(C)C)S(=O)(=O)c2ccc(C)cc2)cc1OC. The smallest absolute Gasteiger partial charge is 0.264 e. The Morgan fingerprint density at radius 1 is 0.929 bits per heavy atom. The van der Waals surface area contributed by atoms with E-state index in [2.05, 4.69) is 5.32 Å². The molecule has 0 heterocycles. The molecule has 3 rings (SSSR count). The molecule has 2 amide bonds. The molecule has 0 aliphatic heterocycles. The minimum Gasteiger partial charge on any atom is -0.493 e. The van der Waals surface area contributed by atoms with Crippen LogP contribution in [0.15, 0.2) is 71.6 Å². The Bertz CT molecular complexity index is 1490. The summed E-state index contributed by atoms with van der Waals surface area (Å²) in [5.41, 5.74) is 1.77. The van der Waals surface area contributed by atoms with Gasteiger partial charge in [-0.15, -0.1) is 0 Å². The van der Waals surface area contributed by atoms with Crippen molar-refractivity contribution >= 4 is 39.1 Å². The lowest BCUT2D eigenvalue weighted by molar-refractivity contribution is -0.139. The molecule has 3 aromatic rings. The van der Waals surface area contributed by atoms with Crippen LogP contribution in [0.4, 0.5) is 5.69 Å². The standard InChI is InChI=1S/C31H38ClN3O6S/c1-21(2)18-33-31(37)23(4)34(19-24-8-7-9-25(32)16-24)30(36)20-35(26-12-15-28(40-5)29(17-26)41-6)42(38,39)27-13-10-22(3)11-14-27/h7-17,21,23H,18-20H2,1-6H3,(H,33,37). The fraction of sp³-hybridized carbons (Fsp3) is 0.355. The summed E-state index contributed by atoms with van der Waals surface area (Å²) in [5, 5.41) is 3.34. The molecule has 0 saturated heterocycles. The molecule has 9 nitrogen and oxygen atoms in total. The first kappa shape index (κ1) is 32.8. The average Bonchev–Trinajstić information content (AvgIpc) is 2.96. The zero-order valence-corrected chi connectivity index (χ0v) is 26.3. The van der Waals surface area contributed by atoms with E-state index in [9.17, 15) is 18.0 Å². The number of aryl methyl sites for hydroxylation is 1. The third kappa shape index (κ3) is 8.17. The molecule has 0 saturated carbocycles. The van der Waals surface area contributed by atoms with Crippen molar-refractivity contribution in [1.82, 2.24) is 10.2 Å². The Hall–Kier alpha value is -3.76. The van der Waals surface area contributed by atoms with Gasteiger partial charge in [0.05, 0.1) is 24.8 Å². The van der Waals surface area contributed by atoms with Crippen molar-refractivity contribution < 1.29 is 27.5 Å². The van der Waals surface area contributed by atoms with E-state index in [0.29, 0.717) is 28.6 Å². The minimum absolute atomic E-state index is 0.0137. The summed E-state index contributed by atoms with van der Waals surface area (Å²) in [6, 6.07) is 17.0. The number of anilines is 1. The zero-order chi connectivity index (χ0) is 31.0. The Morgan fingerprint density at radius 3 is 2.19 bits per heavy atom. The van der Waals surface area contributed by atoms with E-state index >= 15 is 0 Å². The van der Waals surface area contributed by atoms with Gasteiger partial charge in [0.15, 0.2) is 11.5 Å². The van der Waals surface area contributed by atoms with Gasteiger partial charge >= 0.3 is 0 Å². The number of amides is 2. The van der Waals surface area contributed by atoms with Crippen LogP contribution in [0.25, 0.3) is 0 Å². The van der Waals surface area contributed by atoms with Crippen LogP contribution < -0.4 is 19.1 Å². The van der Waals surface area contributed by atoms with Gasteiger partial charge in [0.2, 0.25) is 11.8 Å². The Balaban J connectivity index is 2.07. The van der Waals surface area contributed by atoms with Gasteiger partial charge in [-0.3, -0.25) is 13.9 Å². The van der Waals surface area contributed by atoms with Crippen LogP contribution >= 0.6 is 11.6 Å². The summed E-state index contributed by atoms with van der Waals surface area (Å²) < 4.78 is 39.8. The highest BCUT2D eigenvalue weighted by atomic mass is 35.5. The van der Waals surface area contributed by atoms with Crippen LogP contribution in [-0.4, -0.2) is 58.5 Å². The molecule has 1 N–H and O–H groups in total. The van der Waals surface area contributed by atoms with E-state index in [-0.39, 0.29) is 29.0 Å². The second-order valence-corrected chi connectivity index (χ2v) is 12.6. The molecular formula is C31H38ClN3O6S. The fourth-order valence-corrected chi connectivity index (χ4v) is 5.83. The largest absolute Gasteiger partial charge is 0.493 e. The van der Waals surface area contributed by atoms with Crippen LogP contribution in [0.2, 0.25) is 5.02 Å². The normalized spacial score (nSPS) is 12.0. The maximum absolute atomic E-state index is 14.1. The lowest BCUT2D eigenvalue weighted by Gasteiger charge is -2.32. The van der Waals surface area contributed by atoms with Crippen molar-refractivity contribution in [2.24, 2.45) is 5.92 Å². The van der Waals surface area contributed by atoms with Crippen molar-refractivity contribution in [3.63, 3.8) is 0 Å². The van der Waals surface area contributed by atoms with Gasteiger partial charge in [-0.25, -0.2) is 8.42 Å². The number of ether oxygens (including phenoxy) is 2. The first-order valence-corrected chi connectivity index (χ1v) is 15.3. The molecule has 0 radical (unpaired) electrons. The summed E-state index contributed by atoms with van der Waals surface area (Å²) in [4.78, 5) is 28.6. The molecule has 0 aliphatic rings. The van der Waals surface area contributed by atoms with Gasteiger partial charge in [-0.05, 0) is 61.7 Å². The minimum atomic E-state index is -4.22. The molecule has 1 unspecified atom stereocenters. The molecule has 0 aromatic heterocycles. The Kier molecular flexibility index (Phi) is 11.2. The van der Waals surface area contributed by atoms with Gasteiger partial charge in [-0.2, -0.15) is 0 Å². The molecule has 0 aliphatic carbocycles. The van der Waals surface area contributed by atoms with E-state index < -0.39 is 28.5 Å². The van der Waals surface area contributed by atoms with Crippen molar-refractivity contribution in [3.05, 3.63) is 82.9 Å². The van der Waals surface area contributed by atoms with Crippen LogP contribution in [0.3, 0.4) is 0 Å². The summed E-state index contributed by atoms with van der Waals surface area (Å²) in [7, 11) is -1.31. The van der Waals surface area contributed by atoms with Crippen LogP contribution in [0, 0.1) is 12.8 Å². The zero-order valence-electron chi connectivity index (χ0n) is 24.8. The number of hydrogen-bond acceptors (Lipinski definition) is 6. The molecule has 11 heteroatoms. The van der Waals surface area contributed by atoms with Crippen molar-refractivity contribution in [3.8, 4) is 11.5 Å². The first-order valence-electron chi connectivity index (χ1n) is 13.5. The predicted molar refractivity (Wildman–Crippen MR) is 165 cm³/mol. The van der Waals surface area contributed by atoms with Crippen LogP contribution in [-0.2, 0) is 26.2 Å². The average molecular weight is 616 g/mol. The van der Waals surface area contributed by atoms with E-state index in [1.165, 1.54) is 37.3 Å². The number of sulfonamides is 1. The van der Waals surface area contributed by atoms with Crippen molar-refractivity contribution in [2.75, 3.05) is 31.6 Å². The second-order valence-electron chi connectivity index (χ2n) is 10.3. The molecule has 42 heavy (non-hydrogen) atoms. The number of nitrogens with zero attached hydrogens (tertiary/aromatic N) is 2. The molecule has 226 valence electrons. The highest BCUT2D eigenvalue weighted by molar-refractivity contribution is 7.92. The quantitative estimate of drug-likeness (QED) is 0.289. The number of halogens is 1. The summed E-state index contributed by atoms with van der Waals surface area (Å²) in [5.74, 6) is -0.0220. The third-order valence-corrected chi connectivity index (χ3v) is 8.66. The number of carbonyl (C=O) groups excluding carboxylic acids is 2. The lowest BCUT2D eigenvalue weighted by Crippen LogP contribution is -2.51. The van der Waals surface area contributed by atoms with E-state index in [1.807, 2.05) is 20.8 Å². The molecule has 0 spiro atoms. The fourth-order valence-electron chi connectivity index (χ4n) is 4.21. The van der Waals surface area contributed by atoms with E-state index in [0.717, 1.165) is 9.87 Å². The lowest BCUT2D eigenvalue weighted by atomic mass is 10.1. The third-order valence-electron chi connectivity index (χ3n) is 6.64. The second kappa shape index (κ2) is 14.4. The predicted octanol–water partition coefficient (Wildman–Crippen LogP) is 5.05. The number of nitrogens with one attached hydrogen (secondary N) is 1. The topological polar surface area (TPSA) is 105 Å². The number of carbonyl (C=O) groups is 2. The van der Waals surface area contributed by atoms with E-state index in [4.69, 9.17) is 21.1 Å². The number of rotatable bonds is 13.